The number of pyridine rings is 1. The van der Waals surface area contributed by atoms with Crippen molar-refractivity contribution in [3.63, 3.8) is 0 Å². The maximum atomic E-state index is 12.0. The molecule has 1 aliphatic heterocycles. The molecule has 1 amide bonds. The summed E-state index contributed by atoms with van der Waals surface area (Å²) in [6, 6.07) is 5.72. The molecule has 1 unspecified atom stereocenters. The van der Waals surface area contributed by atoms with E-state index in [1.54, 1.807) is 6.20 Å². The average molecular weight is 314 g/mol. The minimum absolute atomic E-state index is 0.0318. The fourth-order valence-corrected chi connectivity index (χ4v) is 2.76. The Morgan fingerprint density at radius 2 is 2.39 bits per heavy atom. The standard InChI is InChI=1S/C17H22N4O2/c1-13-14(4-2-9-18-13)6-7-17(22)19-16-8-10-21(20-16)12-15-5-3-11-23-15/h2,4,8-10,15H,3,5-7,11-12H2,1H3,(H,19,20,22). The third kappa shape index (κ3) is 4.39. The molecular weight excluding hydrogens is 292 g/mol. The number of rotatable bonds is 6. The molecule has 1 saturated heterocycles. The van der Waals surface area contributed by atoms with Gasteiger partial charge in [-0.3, -0.25) is 14.5 Å². The van der Waals surface area contributed by atoms with Crippen molar-refractivity contribution in [3.05, 3.63) is 41.9 Å². The van der Waals surface area contributed by atoms with Gasteiger partial charge in [-0.05, 0) is 37.8 Å². The number of aryl methyl sites for hydroxylation is 2. The van der Waals surface area contributed by atoms with E-state index in [1.165, 1.54) is 0 Å². The van der Waals surface area contributed by atoms with E-state index in [9.17, 15) is 4.79 Å². The molecule has 122 valence electrons. The zero-order valence-corrected chi connectivity index (χ0v) is 13.4. The first kappa shape index (κ1) is 15.7. The van der Waals surface area contributed by atoms with Crippen LogP contribution in [-0.2, 0) is 22.5 Å². The molecule has 2 aromatic rings. The minimum Gasteiger partial charge on any atom is -0.376 e. The maximum absolute atomic E-state index is 12.0. The topological polar surface area (TPSA) is 69.0 Å². The first-order valence-electron chi connectivity index (χ1n) is 8.06. The Bertz CT molecular complexity index is 662. The lowest BCUT2D eigenvalue weighted by Gasteiger charge is -2.08. The van der Waals surface area contributed by atoms with Gasteiger partial charge in [-0.2, -0.15) is 5.10 Å². The van der Waals surface area contributed by atoms with Gasteiger partial charge in [-0.1, -0.05) is 6.07 Å². The van der Waals surface area contributed by atoms with Crippen LogP contribution in [0.2, 0.25) is 0 Å². The Hall–Kier alpha value is -2.21. The number of ether oxygens (including phenoxy) is 1. The second-order valence-electron chi connectivity index (χ2n) is 5.85. The second-order valence-corrected chi connectivity index (χ2v) is 5.85. The monoisotopic (exact) mass is 314 g/mol. The Morgan fingerprint density at radius 3 is 3.17 bits per heavy atom. The zero-order chi connectivity index (χ0) is 16.1. The minimum atomic E-state index is -0.0318. The van der Waals surface area contributed by atoms with Crippen molar-refractivity contribution in [2.75, 3.05) is 11.9 Å². The second kappa shape index (κ2) is 7.37. The largest absolute Gasteiger partial charge is 0.376 e. The van der Waals surface area contributed by atoms with E-state index >= 15 is 0 Å². The van der Waals surface area contributed by atoms with E-state index in [4.69, 9.17) is 4.74 Å². The smallest absolute Gasteiger partial charge is 0.225 e. The van der Waals surface area contributed by atoms with Crippen molar-refractivity contribution in [1.82, 2.24) is 14.8 Å². The normalized spacial score (nSPS) is 17.3. The van der Waals surface area contributed by atoms with Gasteiger partial charge in [0.1, 0.15) is 0 Å². The number of hydrogen-bond acceptors (Lipinski definition) is 4. The predicted octanol–water partition coefficient (Wildman–Crippen LogP) is 2.34. The van der Waals surface area contributed by atoms with Crippen LogP contribution in [0.15, 0.2) is 30.6 Å². The summed E-state index contributed by atoms with van der Waals surface area (Å²) in [5.74, 6) is 0.562. The Kier molecular flexibility index (Phi) is 5.02. The van der Waals surface area contributed by atoms with Crippen molar-refractivity contribution in [2.24, 2.45) is 0 Å². The molecule has 2 aromatic heterocycles. The fraction of sp³-hybridized carbons (Fsp3) is 0.471. The number of carbonyl (C=O) groups excluding carboxylic acids is 1. The van der Waals surface area contributed by atoms with Gasteiger partial charge in [0.05, 0.1) is 12.6 Å². The van der Waals surface area contributed by atoms with E-state index in [0.29, 0.717) is 18.7 Å². The van der Waals surface area contributed by atoms with Crippen LogP contribution in [0.5, 0.6) is 0 Å². The van der Waals surface area contributed by atoms with Crippen molar-refractivity contribution >= 4 is 11.7 Å². The molecule has 0 aromatic carbocycles. The van der Waals surface area contributed by atoms with Gasteiger partial charge in [-0.25, -0.2) is 0 Å². The van der Waals surface area contributed by atoms with Crippen LogP contribution in [0.1, 0.15) is 30.5 Å². The van der Waals surface area contributed by atoms with E-state index < -0.39 is 0 Å². The summed E-state index contributed by atoms with van der Waals surface area (Å²) in [4.78, 5) is 16.3. The first-order chi connectivity index (χ1) is 11.2. The maximum Gasteiger partial charge on any atom is 0.225 e. The van der Waals surface area contributed by atoms with Crippen molar-refractivity contribution < 1.29 is 9.53 Å². The summed E-state index contributed by atoms with van der Waals surface area (Å²) in [5, 5.41) is 7.22. The summed E-state index contributed by atoms with van der Waals surface area (Å²) in [6.45, 7) is 3.54. The molecule has 1 N–H and O–H groups in total. The van der Waals surface area contributed by atoms with Crippen LogP contribution < -0.4 is 5.32 Å². The third-order valence-corrected chi connectivity index (χ3v) is 4.06. The quantitative estimate of drug-likeness (QED) is 0.888. The molecule has 3 rings (SSSR count). The molecule has 0 saturated carbocycles. The average Bonchev–Trinajstić information content (AvgIpc) is 3.19. The highest BCUT2D eigenvalue weighted by atomic mass is 16.5. The molecule has 6 nitrogen and oxygen atoms in total. The number of nitrogens with one attached hydrogen (secondary N) is 1. The highest BCUT2D eigenvalue weighted by Gasteiger charge is 2.16. The van der Waals surface area contributed by atoms with Crippen LogP contribution in [-0.4, -0.2) is 33.4 Å². The molecule has 0 bridgehead atoms. The molecular formula is C17H22N4O2. The molecule has 1 atom stereocenters. The van der Waals surface area contributed by atoms with E-state index in [0.717, 1.165) is 37.3 Å². The molecule has 23 heavy (non-hydrogen) atoms. The zero-order valence-electron chi connectivity index (χ0n) is 13.4. The lowest BCUT2D eigenvalue weighted by molar-refractivity contribution is -0.116. The number of amides is 1. The molecule has 0 radical (unpaired) electrons. The highest BCUT2D eigenvalue weighted by molar-refractivity contribution is 5.89. The van der Waals surface area contributed by atoms with Crippen molar-refractivity contribution in [3.8, 4) is 0 Å². The molecule has 1 aliphatic rings. The lowest BCUT2D eigenvalue weighted by atomic mass is 10.1. The lowest BCUT2D eigenvalue weighted by Crippen LogP contribution is -2.16. The molecule has 3 heterocycles. The van der Waals surface area contributed by atoms with E-state index in [2.05, 4.69) is 15.4 Å². The fourth-order valence-electron chi connectivity index (χ4n) is 2.76. The summed E-state index contributed by atoms with van der Waals surface area (Å²) in [5.41, 5.74) is 2.08. The van der Waals surface area contributed by atoms with Gasteiger partial charge >= 0.3 is 0 Å². The molecule has 0 aliphatic carbocycles. The Morgan fingerprint density at radius 1 is 1.48 bits per heavy atom. The number of hydrogen-bond donors (Lipinski definition) is 1. The summed E-state index contributed by atoms with van der Waals surface area (Å²) < 4.78 is 7.42. The van der Waals surface area contributed by atoms with Gasteiger partial charge in [0.25, 0.3) is 0 Å². The van der Waals surface area contributed by atoms with Crippen LogP contribution >= 0.6 is 0 Å². The summed E-state index contributed by atoms with van der Waals surface area (Å²) >= 11 is 0. The highest BCUT2D eigenvalue weighted by Crippen LogP contribution is 2.14. The van der Waals surface area contributed by atoms with Gasteiger partial charge in [0.15, 0.2) is 5.82 Å². The van der Waals surface area contributed by atoms with Gasteiger partial charge in [0, 0.05) is 37.2 Å². The number of anilines is 1. The third-order valence-electron chi connectivity index (χ3n) is 4.06. The van der Waals surface area contributed by atoms with E-state index in [-0.39, 0.29) is 12.0 Å². The molecule has 0 spiro atoms. The van der Waals surface area contributed by atoms with Gasteiger partial charge in [0.2, 0.25) is 5.91 Å². The number of aromatic nitrogens is 3. The van der Waals surface area contributed by atoms with Gasteiger partial charge < -0.3 is 10.1 Å². The molecule has 6 heteroatoms. The first-order valence-corrected chi connectivity index (χ1v) is 8.06. The number of carbonyl (C=O) groups is 1. The SMILES string of the molecule is Cc1ncccc1CCC(=O)Nc1ccn(CC2CCCO2)n1. The number of nitrogens with zero attached hydrogens (tertiary/aromatic N) is 3. The van der Waals surface area contributed by atoms with E-state index in [1.807, 2.05) is 36.0 Å². The predicted molar refractivity (Wildman–Crippen MR) is 87.1 cm³/mol. The van der Waals surface area contributed by atoms with Gasteiger partial charge in [-0.15, -0.1) is 0 Å². The molecule has 1 fully saturated rings. The van der Waals surface area contributed by atoms with Crippen LogP contribution in [0.25, 0.3) is 0 Å². The Balaban J connectivity index is 1.48. The van der Waals surface area contributed by atoms with Crippen molar-refractivity contribution in [1.29, 1.82) is 0 Å². The van der Waals surface area contributed by atoms with Crippen LogP contribution in [0.4, 0.5) is 5.82 Å². The van der Waals surface area contributed by atoms with Crippen molar-refractivity contribution in [2.45, 2.75) is 45.3 Å². The Labute approximate surface area is 135 Å². The van der Waals surface area contributed by atoms with Crippen LogP contribution in [0, 0.1) is 6.92 Å². The van der Waals surface area contributed by atoms with Crippen LogP contribution in [0.3, 0.4) is 0 Å². The summed E-state index contributed by atoms with van der Waals surface area (Å²) in [6.07, 6.45) is 7.18. The summed E-state index contributed by atoms with van der Waals surface area (Å²) in [7, 11) is 0.